The molecule has 0 fully saturated rings. The third-order valence-corrected chi connectivity index (χ3v) is 3.64. The van der Waals surface area contributed by atoms with Crippen LogP contribution in [0.4, 0.5) is 0 Å². The van der Waals surface area contributed by atoms with Gasteiger partial charge >= 0.3 is 0 Å². The van der Waals surface area contributed by atoms with E-state index in [1.54, 1.807) is 29.0 Å². The van der Waals surface area contributed by atoms with Crippen molar-refractivity contribution in [1.82, 2.24) is 14.7 Å². The lowest BCUT2D eigenvalue weighted by Crippen LogP contribution is -2.30. The fourth-order valence-electron chi connectivity index (χ4n) is 2.29. The molecule has 1 aromatic heterocycles. The molecule has 0 radical (unpaired) electrons. The Morgan fingerprint density at radius 1 is 1.08 bits per heavy atom. The molecule has 24 heavy (non-hydrogen) atoms. The lowest BCUT2D eigenvalue weighted by molar-refractivity contribution is 0.0774. The first-order chi connectivity index (χ1) is 11.7. The molecule has 5 nitrogen and oxygen atoms in total. The maximum atomic E-state index is 12.4. The first kappa shape index (κ1) is 15.8. The summed E-state index contributed by atoms with van der Waals surface area (Å²) in [6, 6.07) is 19.3. The van der Waals surface area contributed by atoms with E-state index in [9.17, 15) is 4.79 Å². The number of benzene rings is 2. The molecule has 1 heterocycles. The van der Waals surface area contributed by atoms with Gasteiger partial charge in [-0.2, -0.15) is 5.10 Å². The van der Waals surface area contributed by atoms with Gasteiger partial charge in [-0.3, -0.25) is 4.79 Å². The number of likely N-dealkylation sites (N-methyl/N-ethyl adjacent to an activating group) is 1. The van der Waals surface area contributed by atoms with Crippen molar-refractivity contribution in [3.63, 3.8) is 0 Å². The monoisotopic (exact) mass is 321 g/mol. The normalized spacial score (nSPS) is 10.4. The number of rotatable bonds is 6. The van der Waals surface area contributed by atoms with Gasteiger partial charge in [0.25, 0.3) is 5.91 Å². The van der Waals surface area contributed by atoms with Gasteiger partial charge < -0.3 is 9.64 Å². The van der Waals surface area contributed by atoms with Crippen molar-refractivity contribution in [3.05, 3.63) is 78.6 Å². The molecule has 0 aliphatic rings. The van der Waals surface area contributed by atoms with Gasteiger partial charge in [0.1, 0.15) is 12.4 Å². The summed E-state index contributed by atoms with van der Waals surface area (Å²) in [6.45, 7) is 0.948. The average Bonchev–Trinajstić information content (AvgIpc) is 3.13. The number of ether oxygens (including phenoxy) is 1. The highest BCUT2D eigenvalue weighted by molar-refractivity contribution is 5.93. The fraction of sp³-hybridized carbons (Fsp3) is 0.158. The lowest BCUT2D eigenvalue weighted by atomic mass is 10.3. The summed E-state index contributed by atoms with van der Waals surface area (Å²) < 4.78 is 7.32. The van der Waals surface area contributed by atoms with Crippen LogP contribution in [0.5, 0.6) is 5.75 Å². The predicted molar refractivity (Wildman–Crippen MR) is 92.5 cm³/mol. The molecular formula is C19H19N3O2. The molecule has 0 bridgehead atoms. The van der Waals surface area contributed by atoms with Crippen LogP contribution in [0.15, 0.2) is 73.1 Å². The van der Waals surface area contributed by atoms with Gasteiger partial charge in [-0.1, -0.05) is 36.4 Å². The van der Waals surface area contributed by atoms with Crippen molar-refractivity contribution in [1.29, 1.82) is 0 Å². The Hall–Kier alpha value is -3.08. The van der Waals surface area contributed by atoms with Crippen molar-refractivity contribution in [2.45, 2.75) is 0 Å². The lowest BCUT2D eigenvalue weighted by Gasteiger charge is -2.16. The summed E-state index contributed by atoms with van der Waals surface area (Å²) >= 11 is 0. The molecule has 0 saturated carbocycles. The van der Waals surface area contributed by atoms with E-state index in [-0.39, 0.29) is 5.91 Å². The molecule has 5 heteroatoms. The van der Waals surface area contributed by atoms with Crippen LogP contribution in [0.2, 0.25) is 0 Å². The van der Waals surface area contributed by atoms with Crippen LogP contribution in [0.3, 0.4) is 0 Å². The van der Waals surface area contributed by atoms with Crippen LogP contribution >= 0.6 is 0 Å². The summed E-state index contributed by atoms with van der Waals surface area (Å²) in [7, 11) is 1.76. The molecular weight excluding hydrogens is 302 g/mol. The maximum absolute atomic E-state index is 12.4. The number of aromatic nitrogens is 2. The zero-order valence-electron chi connectivity index (χ0n) is 13.5. The van der Waals surface area contributed by atoms with Gasteiger partial charge in [0.2, 0.25) is 0 Å². The van der Waals surface area contributed by atoms with Crippen molar-refractivity contribution in [2.24, 2.45) is 0 Å². The number of carbonyl (C=O) groups is 1. The third kappa shape index (κ3) is 3.81. The molecule has 0 N–H and O–H groups in total. The Labute approximate surface area is 141 Å². The van der Waals surface area contributed by atoms with Crippen LogP contribution in [0.25, 0.3) is 5.69 Å². The molecule has 0 atom stereocenters. The number of para-hydroxylation sites is 2. The number of carbonyl (C=O) groups excluding carboxylic acids is 1. The van der Waals surface area contributed by atoms with Gasteiger partial charge in [0.15, 0.2) is 0 Å². The molecule has 122 valence electrons. The van der Waals surface area contributed by atoms with Crippen LogP contribution in [-0.4, -0.2) is 40.8 Å². The van der Waals surface area contributed by atoms with Crippen LogP contribution in [0.1, 0.15) is 10.4 Å². The summed E-state index contributed by atoms with van der Waals surface area (Å²) in [5.74, 6) is 0.726. The first-order valence-corrected chi connectivity index (χ1v) is 7.77. The molecule has 3 rings (SSSR count). The van der Waals surface area contributed by atoms with Crippen LogP contribution < -0.4 is 4.74 Å². The Kier molecular flexibility index (Phi) is 4.91. The SMILES string of the molecule is CN(CCOc1ccccc1)C(=O)c1cnn(-c2ccccc2)c1. The van der Waals surface area contributed by atoms with E-state index in [1.807, 2.05) is 60.7 Å². The van der Waals surface area contributed by atoms with Gasteiger partial charge in [-0.05, 0) is 24.3 Å². The molecule has 2 aromatic carbocycles. The van der Waals surface area contributed by atoms with E-state index in [0.29, 0.717) is 18.7 Å². The topological polar surface area (TPSA) is 47.4 Å². The number of nitrogens with zero attached hydrogens (tertiary/aromatic N) is 3. The zero-order valence-corrected chi connectivity index (χ0v) is 13.5. The van der Waals surface area contributed by atoms with E-state index >= 15 is 0 Å². The van der Waals surface area contributed by atoms with Crippen molar-refractivity contribution in [3.8, 4) is 11.4 Å². The Morgan fingerprint density at radius 3 is 2.46 bits per heavy atom. The van der Waals surface area contributed by atoms with Gasteiger partial charge in [0.05, 0.1) is 24.0 Å². The van der Waals surface area contributed by atoms with E-state index in [2.05, 4.69) is 5.10 Å². The van der Waals surface area contributed by atoms with Crippen LogP contribution in [0, 0.1) is 0 Å². The fourth-order valence-corrected chi connectivity index (χ4v) is 2.29. The molecule has 0 saturated heterocycles. The molecule has 1 amide bonds. The van der Waals surface area contributed by atoms with Crippen LogP contribution in [-0.2, 0) is 0 Å². The van der Waals surface area contributed by atoms with E-state index in [0.717, 1.165) is 11.4 Å². The minimum absolute atomic E-state index is 0.0751. The Morgan fingerprint density at radius 2 is 1.75 bits per heavy atom. The van der Waals surface area contributed by atoms with Gasteiger partial charge in [-0.15, -0.1) is 0 Å². The molecule has 0 aliphatic carbocycles. The molecule has 3 aromatic rings. The summed E-state index contributed by atoms with van der Waals surface area (Å²) in [5, 5.41) is 4.26. The second-order valence-electron chi connectivity index (χ2n) is 5.40. The summed E-state index contributed by atoms with van der Waals surface area (Å²) in [4.78, 5) is 14.1. The van der Waals surface area contributed by atoms with E-state index in [1.165, 1.54) is 0 Å². The maximum Gasteiger partial charge on any atom is 0.256 e. The largest absolute Gasteiger partial charge is 0.492 e. The van der Waals surface area contributed by atoms with E-state index in [4.69, 9.17) is 4.74 Å². The minimum Gasteiger partial charge on any atom is -0.492 e. The number of hydrogen-bond donors (Lipinski definition) is 0. The van der Waals surface area contributed by atoms with Crippen molar-refractivity contribution in [2.75, 3.05) is 20.2 Å². The highest BCUT2D eigenvalue weighted by Crippen LogP contribution is 2.10. The number of hydrogen-bond acceptors (Lipinski definition) is 3. The highest BCUT2D eigenvalue weighted by atomic mass is 16.5. The van der Waals surface area contributed by atoms with Gasteiger partial charge in [0, 0.05) is 13.2 Å². The highest BCUT2D eigenvalue weighted by Gasteiger charge is 2.14. The van der Waals surface area contributed by atoms with Gasteiger partial charge in [-0.25, -0.2) is 4.68 Å². The Bertz CT molecular complexity index is 785. The Balaban J connectivity index is 1.57. The summed E-state index contributed by atoms with van der Waals surface area (Å²) in [6.07, 6.45) is 3.33. The third-order valence-electron chi connectivity index (χ3n) is 3.64. The second-order valence-corrected chi connectivity index (χ2v) is 5.40. The standard InChI is InChI=1S/C19H19N3O2/c1-21(12-13-24-18-10-6-3-7-11-18)19(23)16-14-20-22(15-16)17-8-4-2-5-9-17/h2-11,14-15H,12-13H2,1H3. The molecule has 0 aliphatic heterocycles. The van der Waals surface area contributed by atoms with E-state index < -0.39 is 0 Å². The predicted octanol–water partition coefficient (Wildman–Crippen LogP) is 3.02. The second kappa shape index (κ2) is 7.46. The zero-order chi connectivity index (χ0) is 16.8. The summed E-state index contributed by atoms with van der Waals surface area (Å²) in [5.41, 5.74) is 1.48. The minimum atomic E-state index is -0.0751. The quantitative estimate of drug-likeness (QED) is 0.701. The van der Waals surface area contributed by atoms with Crippen molar-refractivity contribution >= 4 is 5.91 Å². The average molecular weight is 321 g/mol. The van der Waals surface area contributed by atoms with Crippen molar-refractivity contribution < 1.29 is 9.53 Å². The number of amides is 1. The molecule has 0 spiro atoms. The molecule has 0 unspecified atom stereocenters. The first-order valence-electron chi connectivity index (χ1n) is 7.77. The smallest absolute Gasteiger partial charge is 0.256 e.